The molecule has 0 fully saturated rings. The summed E-state index contributed by atoms with van der Waals surface area (Å²) in [5.41, 5.74) is -0.864. The van der Waals surface area contributed by atoms with Gasteiger partial charge in [0.1, 0.15) is 34.1 Å². The van der Waals surface area contributed by atoms with Gasteiger partial charge in [-0.05, 0) is 42.7 Å². The van der Waals surface area contributed by atoms with Gasteiger partial charge in [-0.1, -0.05) is 19.9 Å². The Kier molecular flexibility index (Phi) is 7.91. The molecule has 0 amide bonds. The molecule has 0 N–H and O–H groups in total. The highest BCUT2D eigenvalue weighted by atomic mass is 31.2. The second kappa shape index (κ2) is 10.0. The Morgan fingerprint density at radius 1 is 0.806 bits per heavy atom. The first kappa shape index (κ1) is 24.5. The van der Waals surface area contributed by atoms with E-state index in [2.05, 4.69) is 0 Å². The largest absolute Gasteiger partial charge is 0.496 e. The van der Waals surface area contributed by atoms with E-state index in [1.165, 1.54) is 28.4 Å². The molecule has 2 aromatic rings. The van der Waals surface area contributed by atoms with Crippen molar-refractivity contribution in [3.8, 4) is 23.0 Å². The lowest BCUT2D eigenvalue weighted by Crippen LogP contribution is -2.18. The van der Waals surface area contributed by atoms with Crippen LogP contribution in [-0.2, 0) is 4.57 Å². The van der Waals surface area contributed by atoms with Gasteiger partial charge in [0.2, 0.25) is 18.2 Å². The molecule has 0 aliphatic heterocycles. The number of rotatable bonds is 10. The third-order valence-electron chi connectivity index (χ3n) is 4.78. The number of carbonyl (C=O) groups excluding carboxylic acids is 2. The minimum atomic E-state index is -4.17. The first-order valence-electron chi connectivity index (χ1n) is 9.77. The van der Waals surface area contributed by atoms with Crippen molar-refractivity contribution in [1.82, 2.24) is 0 Å². The maximum absolute atomic E-state index is 14.3. The van der Waals surface area contributed by atoms with Crippen molar-refractivity contribution in [2.24, 2.45) is 5.92 Å². The van der Waals surface area contributed by atoms with Crippen LogP contribution in [-0.4, -0.2) is 45.6 Å². The van der Waals surface area contributed by atoms with Crippen LogP contribution in [0.4, 0.5) is 0 Å². The van der Waals surface area contributed by atoms with Gasteiger partial charge in [-0.2, -0.15) is 0 Å². The fraction of sp³-hybridized carbons (Fsp3) is 0.391. The van der Waals surface area contributed by atoms with Gasteiger partial charge in [0.25, 0.3) is 0 Å². The number of hydrogen-bond acceptors (Lipinski definition) is 7. The molecule has 31 heavy (non-hydrogen) atoms. The standard InChI is InChI=1S/C23H29O7P/c1-14(2)13-31(26,22(24)20-16(27-4)9-8-10-17(20)28-5)23(25)21-18(29-6)11-15(3)12-19(21)30-7/h8-12,14H,13H2,1-7H3. The summed E-state index contributed by atoms with van der Waals surface area (Å²) >= 11 is 0. The van der Waals surface area contributed by atoms with Crippen molar-refractivity contribution >= 4 is 18.2 Å². The molecule has 0 spiro atoms. The molecule has 0 bridgehead atoms. The summed E-state index contributed by atoms with van der Waals surface area (Å²) in [7, 11) is 1.43. The fourth-order valence-corrected chi connectivity index (χ4v) is 6.16. The van der Waals surface area contributed by atoms with E-state index < -0.39 is 18.2 Å². The van der Waals surface area contributed by atoms with Crippen molar-refractivity contribution in [1.29, 1.82) is 0 Å². The van der Waals surface area contributed by atoms with E-state index in [0.717, 1.165) is 5.56 Å². The van der Waals surface area contributed by atoms with Crippen LogP contribution in [0.25, 0.3) is 0 Å². The van der Waals surface area contributed by atoms with Crippen LogP contribution in [0, 0.1) is 12.8 Å². The minimum Gasteiger partial charge on any atom is -0.496 e. The Bertz CT molecular complexity index is 979. The molecule has 0 aliphatic rings. The second-order valence-electron chi connectivity index (χ2n) is 7.51. The van der Waals surface area contributed by atoms with Gasteiger partial charge < -0.3 is 23.5 Å². The molecule has 0 heterocycles. The van der Waals surface area contributed by atoms with E-state index >= 15 is 0 Å². The van der Waals surface area contributed by atoms with Crippen LogP contribution < -0.4 is 18.9 Å². The monoisotopic (exact) mass is 448 g/mol. The summed E-state index contributed by atoms with van der Waals surface area (Å²) in [6, 6.07) is 8.06. The lowest BCUT2D eigenvalue weighted by Gasteiger charge is -2.22. The molecule has 7 nitrogen and oxygen atoms in total. The summed E-state index contributed by atoms with van der Waals surface area (Å²) in [4.78, 5) is 27.5. The van der Waals surface area contributed by atoms with Gasteiger partial charge in [-0.15, -0.1) is 0 Å². The van der Waals surface area contributed by atoms with E-state index in [0.29, 0.717) is 0 Å². The van der Waals surface area contributed by atoms with E-state index in [1.54, 1.807) is 44.2 Å². The maximum Gasteiger partial charge on any atom is 0.236 e. The van der Waals surface area contributed by atoms with E-state index in [1.807, 2.05) is 6.92 Å². The van der Waals surface area contributed by atoms with Gasteiger partial charge in [0.15, 0.2) is 0 Å². The molecule has 0 saturated heterocycles. The highest BCUT2D eigenvalue weighted by Gasteiger charge is 2.45. The number of carbonyl (C=O) groups is 2. The predicted octanol–water partition coefficient (Wildman–Crippen LogP) is 5.03. The summed E-state index contributed by atoms with van der Waals surface area (Å²) < 4.78 is 35.7. The Labute approximate surface area is 183 Å². The molecular weight excluding hydrogens is 419 g/mol. The van der Waals surface area contributed by atoms with Crippen molar-refractivity contribution in [3.63, 3.8) is 0 Å². The normalized spacial score (nSPS) is 12.8. The van der Waals surface area contributed by atoms with Crippen molar-refractivity contribution in [3.05, 3.63) is 47.0 Å². The zero-order valence-corrected chi connectivity index (χ0v) is 19.9. The fourth-order valence-electron chi connectivity index (χ4n) is 3.45. The van der Waals surface area contributed by atoms with E-state index in [9.17, 15) is 14.2 Å². The molecule has 1 unspecified atom stereocenters. The molecule has 2 rings (SSSR count). The number of aryl methyl sites for hydroxylation is 1. The molecule has 0 aromatic heterocycles. The Hall–Kier alpha value is -2.79. The van der Waals surface area contributed by atoms with Crippen LogP contribution in [0.3, 0.4) is 0 Å². The molecule has 0 aliphatic carbocycles. The van der Waals surface area contributed by atoms with Crippen molar-refractivity contribution in [2.75, 3.05) is 34.6 Å². The zero-order chi connectivity index (χ0) is 23.3. The van der Waals surface area contributed by atoms with Crippen molar-refractivity contribution < 1.29 is 33.1 Å². The van der Waals surface area contributed by atoms with Crippen LogP contribution in [0.5, 0.6) is 23.0 Å². The molecule has 0 radical (unpaired) electrons. The highest BCUT2D eigenvalue weighted by molar-refractivity contribution is 7.95. The Balaban J connectivity index is 2.79. The molecular formula is C23H29O7P. The molecule has 1 atom stereocenters. The van der Waals surface area contributed by atoms with Crippen LogP contribution in [0.1, 0.15) is 40.1 Å². The van der Waals surface area contributed by atoms with Gasteiger partial charge in [-0.3, -0.25) is 9.59 Å². The number of hydrogen-bond donors (Lipinski definition) is 0. The van der Waals surface area contributed by atoms with E-state index in [4.69, 9.17) is 18.9 Å². The topological polar surface area (TPSA) is 88.1 Å². The SMILES string of the molecule is COc1cccc(OC)c1C(=O)P(=O)(CC(C)C)C(=O)c1c(OC)cc(C)cc1OC. The van der Waals surface area contributed by atoms with Crippen LogP contribution in [0.2, 0.25) is 0 Å². The molecule has 8 heteroatoms. The summed E-state index contributed by atoms with van der Waals surface area (Å²) in [6.07, 6.45) is -0.119. The van der Waals surface area contributed by atoms with Crippen molar-refractivity contribution in [2.45, 2.75) is 20.8 Å². The average Bonchev–Trinajstić information content (AvgIpc) is 2.75. The number of benzene rings is 2. The number of ether oxygens (including phenoxy) is 4. The smallest absolute Gasteiger partial charge is 0.236 e. The summed E-state index contributed by atoms with van der Waals surface area (Å²) in [5.74, 6) is 0.575. The lowest BCUT2D eigenvalue weighted by atomic mass is 10.1. The first-order chi connectivity index (χ1) is 14.6. The average molecular weight is 448 g/mol. The van der Waals surface area contributed by atoms with Gasteiger partial charge in [0, 0.05) is 6.16 Å². The Morgan fingerprint density at radius 2 is 1.19 bits per heavy atom. The predicted molar refractivity (Wildman–Crippen MR) is 120 cm³/mol. The minimum absolute atomic E-state index is 0.0122. The molecule has 168 valence electrons. The second-order valence-corrected chi connectivity index (χ2v) is 10.2. The van der Waals surface area contributed by atoms with Gasteiger partial charge in [-0.25, -0.2) is 0 Å². The first-order valence-corrected chi connectivity index (χ1v) is 11.7. The molecule has 2 aromatic carbocycles. The quantitative estimate of drug-likeness (QED) is 0.471. The van der Waals surface area contributed by atoms with Gasteiger partial charge >= 0.3 is 0 Å². The zero-order valence-electron chi connectivity index (χ0n) is 19.0. The number of methoxy groups -OCH3 is 4. The van der Waals surface area contributed by atoms with Crippen LogP contribution >= 0.6 is 7.14 Å². The Morgan fingerprint density at radius 3 is 1.55 bits per heavy atom. The highest BCUT2D eigenvalue weighted by Crippen LogP contribution is 2.57. The third kappa shape index (κ3) is 4.77. The van der Waals surface area contributed by atoms with E-state index in [-0.39, 0.29) is 46.2 Å². The summed E-state index contributed by atoms with van der Waals surface area (Å²) in [6.45, 7) is 5.42. The summed E-state index contributed by atoms with van der Waals surface area (Å²) in [5, 5.41) is 0. The third-order valence-corrected chi connectivity index (χ3v) is 7.79. The molecule has 0 saturated carbocycles. The van der Waals surface area contributed by atoms with Crippen LogP contribution in [0.15, 0.2) is 30.3 Å². The maximum atomic E-state index is 14.3. The lowest BCUT2D eigenvalue weighted by molar-refractivity contribution is 0.103. The van der Waals surface area contributed by atoms with Gasteiger partial charge in [0.05, 0.1) is 28.4 Å².